The minimum atomic E-state index is -5.16. The number of hydrogen-bond acceptors (Lipinski definition) is 7. The first kappa shape index (κ1) is 23.7. The number of likely N-dealkylation sites (tertiary alicyclic amines) is 1. The van der Waals surface area contributed by atoms with Gasteiger partial charge in [0.25, 0.3) is 0 Å². The summed E-state index contributed by atoms with van der Waals surface area (Å²) in [7, 11) is 5.29. The van der Waals surface area contributed by atoms with E-state index in [4.69, 9.17) is 9.47 Å². The maximum Gasteiger partial charge on any atom is 0.491 e. The minimum absolute atomic E-state index is 0.218. The van der Waals surface area contributed by atoms with Crippen LogP contribution in [0.3, 0.4) is 0 Å². The van der Waals surface area contributed by atoms with Crippen molar-refractivity contribution in [2.45, 2.75) is 12.1 Å². The van der Waals surface area contributed by atoms with E-state index >= 15 is 0 Å². The van der Waals surface area contributed by atoms with Gasteiger partial charge in [-0.05, 0) is 54.6 Å². The van der Waals surface area contributed by atoms with Crippen molar-refractivity contribution in [1.29, 1.82) is 0 Å². The van der Waals surface area contributed by atoms with Crippen LogP contribution < -0.4 is 9.47 Å². The fourth-order valence-electron chi connectivity index (χ4n) is 4.29. The molecule has 1 saturated heterocycles. The number of hydrogen-bond donors (Lipinski definition) is 0. The van der Waals surface area contributed by atoms with Gasteiger partial charge in [-0.1, -0.05) is 6.07 Å². The third kappa shape index (κ3) is 4.49. The molecule has 11 heteroatoms. The predicted octanol–water partition coefficient (Wildman–Crippen LogP) is 4.20. The molecule has 1 aliphatic heterocycles. The maximum absolute atomic E-state index is 13.1. The SMILES string of the molecule is COc1cc(-c2ccc(-c3ccc(C4CN(C)C4)nn3)c(OC(=O)C(F)(F)F)c2)cc2cn(C)nc12. The van der Waals surface area contributed by atoms with Gasteiger partial charge in [-0.25, -0.2) is 4.79 Å². The Morgan fingerprint density at radius 1 is 1.00 bits per heavy atom. The molecule has 5 rings (SSSR count). The summed E-state index contributed by atoms with van der Waals surface area (Å²) in [6, 6.07) is 11.7. The monoisotopic (exact) mass is 497 g/mol. The predicted molar refractivity (Wildman–Crippen MR) is 126 cm³/mol. The third-order valence-electron chi connectivity index (χ3n) is 6.10. The lowest BCUT2D eigenvalue weighted by molar-refractivity contribution is -0.189. The van der Waals surface area contributed by atoms with E-state index < -0.39 is 12.1 Å². The smallest absolute Gasteiger partial charge is 0.491 e. The Bertz CT molecular complexity index is 1440. The lowest BCUT2D eigenvalue weighted by Gasteiger charge is -2.35. The summed E-state index contributed by atoms with van der Waals surface area (Å²) in [5.41, 5.74) is 3.14. The third-order valence-corrected chi connectivity index (χ3v) is 6.10. The summed E-state index contributed by atoms with van der Waals surface area (Å²) < 4.78 is 51.1. The number of benzene rings is 2. The van der Waals surface area contributed by atoms with Crippen LogP contribution in [0.5, 0.6) is 11.5 Å². The number of likely N-dealkylation sites (N-methyl/N-ethyl adjacent to an activating group) is 1. The fourth-order valence-corrected chi connectivity index (χ4v) is 4.29. The molecule has 0 unspecified atom stereocenters. The average molecular weight is 497 g/mol. The molecule has 0 atom stereocenters. The summed E-state index contributed by atoms with van der Waals surface area (Å²) in [4.78, 5) is 13.9. The van der Waals surface area contributed by atoms with Crippen LogP contribution in [0.25, 0.3) is 33.3 Å². The number of fused-ring (bicyclic) bond motifs is 1. The highest BCUT2D eigenvalue weighted by molar-refractivity contribution is 5.90. The number of aromatic nitrogens is 4. The zero-order valence-corrected chi connectivity index (χ0v) is 19.7. The second kappa shape index (κ2) is 8.90. The van der Waals surface area contributed by atoms with Gasteiger partial charge < -0.3 is 14.4 Å². The summed E-state index contributed by atoms with van der Waals surface area (Å²) in [6.07, 6.45) is -3.35. The van der Waals surface area contributed by atoms with Gasteiger partial charge in [0.2, 0.25) is 0 Å². The lowest BCUT2D eigenvalue weighted by atomic mass is 9.96. The quantitative estimate of drug-likeness (QED) is 0.302. The molecule has 0 amide bonds. The number of carbonyl (C=O) groups excluding carboxylic acids is 1. The highest BCUT2D eigenvalue weighted by Gasteiger charge is 2.42. The van der Waals surface area contributed by atoms with Crippen molar-refractivity contribution in [3.63, 3.8) is 0 Å². The van der Waals surface area contributed by atoms with E-state index in [1.807, 2.05) is 13.1 Å². The molecule has 1 fully saturated rings. The Morgan fingerprint density at radius 2 is 1.75 bits per heavy atom. The minimum Gasteiger partial charge on any atom is -0.494 e. The molecule has 0 bridgehead atoms. The number of carbonyl (C=O) groups is 1. The van der Waals surface area contributed by atoms with Crippen LogP contribution in [0.15, 0.2) is 48.7 Å². The summed E-state index contributed by atoms with van der Waals surface area (Å²) in [5.74, 6) is -1.82. The number of ether oxygens (including phenoxy) is 2. The van der Waals surface area contributed by atoms with Crippen LogP contribution in [0.4, 0.5) is 13.2 Å². The molecule has 1 aliphatic rings. The van der Waals surface area contributed by atoms with E-state index in [2.05, 4.69) is 20.2 Å². The Morgan fingerprint density at radius 3 is 2.39 bits per heavy atom. The number of rotatable bonds is 5. The molecule has 2 aromatic heterocycles. The van der Waals surface area contributed by atoms with Gasteiger partial charge >= 0.3 is 12.1 Å². The van der Waals surface area contributed by atoms with Crippen LogP contribution >= 0.6 is 0 Å². The van der Waals surface area contributed by atoms with E-state index in [0.717, 1.165) is 24.2 Å². The maximum atomic E-state index is 13.1. The van der Waals surface area contributed by atoms with Crippen LogP contribution in [0.1, 0.15) is 11.6 Å². The fraction of sp³-hybridized carbons (Fsp3) is 0.280. The van der Waals surface area contributed by atoms with Gasteiger partial charge in [-0.15, -0.1) is 0 Å². The van der Waals surface area contributed by atoms with Crippen LogP contribution in [-0.4, -0.2) is 64.3 Å². The topological polar surface area (TPSA) is 82.4 Å². The molecule has 0 N–H and O–H groups in total. The van der Waals surface area contributed by atoms with Gasteiger partial charge in [0.1, 0.15) is 17.0 Å². The van der Waals surface area contributed by atoms with Crippen molar-refractivity contribution < 1.29 is 27.4 Å². The first-order chi connectivity index (χ1) is 17.1. The molecular weight excluding hydrogens is 475 g/mol. The van der Waals surface area contributed by atoms with Crippen molar-refractivity contribution in [2.24, 2.45) is 7.05 Å². The molecule has 0 aliphatic carbocycles. The van der Waals surface area contributed by atoms with Gasteiger partial charge in [-0.3, -0.25) is 4.68 Å². The number of methoxy groups -OCH3 is 1. The van der Waals surface area contributed by atoms with Crippen LogP contribution in [0.2, 0.25) is 0 Å². The van der Waals surface area contributed by atoms with Crippen molar-refractivity contribution in [3.8, 4) is 33.9 Å². The highest BCUT2D eigenvalue weighted by atomic mass is 19.4. The molecule has 8 nitrogen and oxygen atoms in total. The highest BCUT2D eigenvalue weighted by Crippen LogP contribution is 2.38. The van der Waals surface area contributed by atoms with Crippen molar-refractivity contribution in [2.75, 3.05) is 27.2 Å². The molecule has 0 spiro atoms. The van der Waals surface area contributed by atoms with Crippen LogP contribution in [-0.2, 0) is 11.8 Å². The summed E-state index contributed by atoms with van der Waals surface area (Å²) in [5, 5.41) is 13.6. The Hall–Kier alpha value is -3.99. The van der Waals surface area contributed by atoms with Crippen molar-refractivity contribution in [3.05, 3.63) is 54.4 Å². The standard InChI is InChI=1S/C25H22F3N5O3/c1-32-11-17(12-32)19-6-7-20(30-29-19)18-5-4-14(9-21(18)36-24(34)25(26,27)28)15-8-16-13-33(2)31-23(16)22(10-15)35-3/h4-10,13,17H,11-12H2,1-3H3. The van der Waals surface area contributed by atoms with Crippen LogP contribution in [0, 0.1) is 0 Å². The van der Waals surface area contributed by atoms with Gasteiger partial charge in [-0.2, -0.15) is 28.5 Å². The zero-order chi connectivity index (χ0) is 25.6. The average Bonchev–Trinajstić information content (AvgIpc) is 3.21. The second-order valence-electron chi connectivity index (χ2n) is 8.78. The Balaban J connectivity index is 1.56. The van der Waals surface area contributed by atoms with E-state index in [1.54, 1.807) is 48.3 Å². The normalized spacial score (nSPS) is 14.6. The molecule has 0 radical (unpaired) electrons. The molecule has 0 saturated carbocycles. The van der Waals surface area contributed by atoms with E-state index in [9.17, 15) is 18.0 Å². The molecule has 36 heavy (non-hydrogen) atoms. The first-order valence-electron chi connectivity index (χ1n) is 11.1. The zero-order valence-electron chi connectivity index (χ0n) is 19.7. The largest absolute Gasteiger partial charge is 0.494 e. The number of esters is 1. The Kier molecular flexibility index (Phi) is 5.87. The molecular formula is C25H22F3N5O3. The molecule has 2 aromatic carbocycles. The number of alkyl halides is 3. The van der Waals surface area contributed by atoms with Gasteiger partial charge in [0.15, 0.2) is 0 Å². The summed E-state index contributed by atoms with van der Waals surface area (Å²) >= 11 is 0. The first-order valence-corrected chi connectivity index (χ1v) is 11.1. The number of halogens is 3. The van der Waals surface area contributed by atoms with Gasteiger partial charge in [0, 0.05) is 43.2 Å². The molecule has 4 aromatic rings. The van der Waals surface area contributed by atoms with E-state index in [-0.39, 0.29) is 17.2 Å². The van der Waals surface area contributed by atoms with E-state index in [0.29, 0.717) is 28.1 Å². The number of nitrogens with zero attached hydrogens (tertiary/aromatic N) is 5. The molecule has 3 heterocycles. The lowest BCUT2D eigenvalue weighted by Crippen LogP contribution is -2.42. The Labute approximate surface area is 204 Å². The summed E-state index contributed by atoms with van der Waals surface area (Å²) in [6.45, 7) is 1.73. The second-order valence-corrected chi connectivity index (χ2v) is 8.78. The number of aryl methyl sites for hydroxylation is 1. The van der Waals surface area contributed by atoms with Crippen molar-refractivity contribution >= 4 is 16.9 Å². The van der Waals surface area contributed by atoms with E-state index in [1.165, 1.54) is 13.2 Å². The molecule has 186 valence electrons. The van der Waals surface area contributed by atoms with Crippen molar-refractivity contribution in [1.82, 2.24) is 24.9 Å². The van der Waals surface area contributed by atoms with Gasteiger partial charge in [0.05, 0.1) is 18.5 Å².